The van der Waals surface area contributed by atoms with Crippen molar-refractivity contribution in [2.75, 3.05) is 0 Å². The lowest BCUT2D eigenvalue weighted by Gasteiger charge is -2.02. The van der Waals surface area contributed by atoms with Crippen LogP contribution in [0.1, 0.15) is 5.56 Å². The molecule has 90 valence electrons. The number of halogens is 1. The van der Waals surface area contributed by atoms with Crippen LogP contribution in [0.2, 0.25) is 0 Å². The summed E-state index contributed by atoms with van der Waals surface area (Å²) < 4.78 is 1.07. The fraction of sp³-hybridized carbons (Fsp3) is 0.0667. The van der Waals surface area contributed by atoms with Crippen LogP contribution in [0.25, 0.3) is 22.2 Å². The Hall–Kier alpha value is -1.58. The normalized spacial score (nSPS) is 11.0. The van der Waals surface area contributed by atoms with Crippen LogP contribution < -0.4 is 5.73 Å². The Morgan fingerprint density at radius 1 is 1.06 bits per heavy atom. The fourth-order valence-corrected chi connectivity index (χ4v) is 2.64. The summed E-state index contributed by atoms with van der Waals surface area (Å²) >= 11 is 3.51. The highest BCUT2D eigenvalue weighted by molar-refractivity contribution is 9.10. The zero-order chi connectivity index (χ0) is 12.5. The summed E-state index contributed by atoms with van der Waals surface area (Å²) in [7, 11) is 0. The molecule has 0 unspecified atom stereocenters. The van der Waals surface area contributed by atoms with E-state index in [0.29, 0.717) is 6.54 Å². The molecule has 0 bridgehead atoms. The van der Waals surface area contributed by atoms with Gasteiger partial charge in [-0.3, -0.25) is 0 Å². The minimum absolute atomic E-state index is 0.528. The minimum Gasteiger partial charge on any atom is -0.354 e. The van der Waals surface area contributed by atoms with Gasteiger partial charge in [0.2, 0.25) is 0 Å². The zero-order valence-electron chi connectivity index (χ0n) is 9.78. The van der Waals surface area contributed by atoms with E-state index >= 15 is 0 Å². The molecule has 0 amide bonds. The van der Waals surface area contributed by atoms with E-state index in [1.54, 1.807) is 0 Å². The molecule has 0 aliphatic rings. The number of benzene rings is 2. The minimum atomic E-state index is 0.528. The Bertz CT molecular complexity index is 686. The third-order valence-electron chi connectivity index (χ3n) is 3.13. The zero-order valence-corrected chi connectivity index (χ0v) is 11.4. The summed E-state index contributed by atoms with van der Waals surface area (Å²) in [6.45, 7) is 0.528. The van der Waals surface area contributed by atoms with Gasteiger partial charge in [-0.05, 0) is 29.3 Å². The van der Waals surface area contributed by atoms with Gasteiger partial charge in [0.05, 0.1) is 5.69 Å². The standard InChI is InChI=1S/C15H13BrN2/c16-11-6-7-14-12(8-11)13(9-17)15(18-14)10-4-2-1-3-5-10/h1-8,18H,9,17H2. The maximum Gasteiger partial charge on any atom is 0.0510 e. The van der Waals surface area contributed by atoms with E-state index in [9.17, 15) is 0 Å². The molecule has 2 aromatic carbocycles. The first-order valence-electron chi connectivity index (χ1n) is 5.85. The van der Waals surface area contributed by atoms with Gasteiger partial charge >= 0.3 is 0 Å². The maximum atomic E-state index is 5.91. The molecule has 1 heterocycles. The summed E-state index contributed by atoms with van der Waals surface area (Å²) in [5, 5.41) is 1.19. The Morgan fingerprint density at radius 2 is 1.83 bits per heavy atom. The lowest BCUT2D eigenvalue weighted by molar-refractivity contribution is 1.09. The second-order valence-corrected chi connectivity index (χ2v) is 5.15. The first-order valence-corrected chi connectivity index (χ1v) is 6.64. The molecule has 1 aromatic heterocycles. The molecule has 3 aromatic rings. The van der Waals surface area contributed by atoms with Crippen LogP contribution in [0, 0.1) is 0 Å². The van der Waals surface area contributed by atoms with Crippen molar-refractivity contribution < 1.29 is 0 Å². The monoisotopic (exact) mass is 300 g/mol. The number of nitrogens with two attached hydrogens (primary N) is 1. The number of aromatic amines is 1. The van der Waals surface area contributed by atoms with Crippen molar-refractivity contribution >= 4 is 26.8 Å². The lowest BCUT2D eigenvalue weighted by atomic mass is 10.1. The molecule has 0 saturated heterocycles. The van der Waals surface area contributed by atoms with Gasteiger partial charge in [0.25, 0.3) is 0 Å². The second-order valence-electron chi connectivity index (χ2n) is 4.24. The highest BCUT2D eigenvalue weighted by Crippen LogP contribution is 2.31. The fourth-order valence-electron chi connectivity index (χ4n) is 2.28. The van der Waals surface area contributed by atoms with Crippen molar-refractivity contribution in [3.63, 3.8) is 0 Å². The van der Waals surface area contributed by atoms with E-state index in [1.807, 2.05) is 24.3 Å². The van der Waals surface area contributed by atoms with Gasteiger partial charge in [-0.25, -0.2) is 0 Å². The van der Waals surface area contributed by atoms with Crippen LogP contribution in [0.3, 0.4) is 0 Å². The summed E-state index contributed by atoms with van der Waals surface area (Å²) in [5.74, 6) is 0. The second kappa shape index (κ2) is 4.59. The van der Waals surface area contributed by atoms with E-state index in [4.69, 9.17) is 5.73 Å². The molecule has 2 nitrogen and oxygen atoms in total. The average molecular weight is 301 g/mol. The van der Waals surface area contributed by atoms with E-state index in [1.165, 1.54) is 10.9 Å². The van der Waals surface area contributed by atoms with E-state index in [0.717, 1.165) is 21.2 Å². The van der Waals surface area contributed by atoms with Crippen LogP contribution in [-0.2, 0) is 6.54 Å². The van der Waals surface area contributed by atoms with E-state index < -0.39 is 0 Å². The van der Waals surface area contributed by atoms with Crippen molar-refractivity contribution in [2.45, 2.75) is 6.54 Å². The van der Waals surface area contributed by atoms with Gasteiger partial charge in [-0.1, -0.05) is 46.3 Å². The predicted molar refractivity (Wildman–Crippen MR) is 79.3 cm³/mol. The molecule has 0 saturated carbocycles. The Labute approximate surface area is 114 Å². The Morgan fingerprint density at radius 3 is 2.56 bits per heavy atom. The first kappa shape index (κ1) is 11.5. The molecule has 3 rings (SSSR count). The van der Waals surface area contributed by atoms with E-state index in [2.05, 4.69) is 45.2 Å². The molecule has 0 fully saturated rings. The highest BCUT2D eigenvalue weighted by atomic mass is 79.9. The molecule has 0 spiro atoms. The number of hydrogen-bond donors (Lipinski definition) is 2. The molecular formula is C15H13BrN2. The quantitative estimate of drug-likeness (QED) is 0.736. The number of rotatable bonds is 2. The van der Waals surface area contributed by atoms with Crippen LogP contribution in [0.15, 0.2) is 53.0 Å². The number of nitrogens with one attached hydrogen (secondary N) is 1. The van der Waals surface area contributed by atoms with Crippen LogP contribution in [0.5, 0.6) is 0 Å². The Balaban J connectivity index is 2.30. The molecule has 0 radical (unpaired) electrons. The van der Waals surface area contributed by atoms with Crippen molar-refractivity contribution in [1.82, 2.24) is 4.98 Å². The molecule has 0 aliphatic carbocycles. The van der Waals surface area contributed by atoms with Crippen LogP contribution >= 0.6 is 15.9 Å². The predicted octanol–water partition coefficient (Wildman–Crippen LogP) is 4.06. The highest BCUT2D eigenvalue weighted by Gasteiger charge is 2.11. The van der Waals surface area contributed by atoms with Crippen molar-refractivity contribution in [3.8, 4) is 11.3 Å². The van der Waals surface area contributed by atoms with Crippen molar-refractivity contribution in [1.29, 1.82) is 0 Å². The van der Waals surface area contributed by atoms with Crippen molar-refractivity contribution in [3.05, 3.63) is 58.6 Å². The summed E-state index contributed by atoms with van der Waals surface area (Å²) in [6.07, 6.45) is 0. The van der Waals surface area contributed by atoms with Gasteiger partial charge in [-0.15, -0.1) is 0 Å². The summed E-state index contributed by atoms with van der Waals surface area (Å²) in [6, 6.07) is 16.5. The molecule has 0 aliphatic heterocycles. The number of aromatic nitrogens is 1. The van der Waals surface area contributed by atoms with Crippen LogP contribution in [-0.4, -0.2) is 4.98 Å². The van der Waals surface area contributed by atoms with Gasteiger partial charge < -0.3 is 10.7 Å². The lowest BCUT2D eigenvalue weighted by Crippen LogP contribution is -1.97. The SMILES string of the molecule is NCc1c(-c2ccccc2)[nH]c2ccc(Br)cc12. The largest absolute Gasteiger partial charge is 0.354 e. The third kappa shape index (κ3) is 1.85. The number of fused-ring (bicyclic) bond motifs is 1. The summed E-state index contributed by atoms with van der Waals surface area (Å²) in [5.41, 5.74) is 10.5. The topological polar surface area (TPSA) is 41.8 Å². The smallest absolute Gasteiger partial charge is 0.0510 e. The number of hydrogen-bond acceptors (Lipinski definition) is 1. The molecule has 18 heavy (non-hydrogen) atoms. The van der Waals surface area contributed by atoms with Gasteiger partial charge in [0, 0.05) is 21.9 Å². The first-order chi connectivity index (χ1) is 8.79. The Kier molecular flexibility index (Phi) is 2.94. The molecule has 3 heteroatoms. The summed E-state index contributed by atoms with van der Waals surface area (Å²) in [4.78, 5) is 3.46. The van der Waals surface area contributed by atoms with E-state index in [-0.39, 0.29) is 0 Å². The number of H-pyrrole nitrogens is 1. The van der Waals surface area contributed by atoms with Gasteiger partial charge in [-0.2, -0.15) is 0 Å². The van der Waals surface area contributed by atoms with Crippen molar-refractivity contribution in [2.24, 2.45) is 5.73 Å². The van der Waals surface area contributed by atoms with Crippen LogP contribution in [0.4, 0.5) is 0 Å². The molecule has 3 N–H and O–H groups in total. The molecule has 0 atom stereocenters. The van der Waals surface area contributed by atoms with Gasteiger partial charge in [0.1, 0.15) is 0 Å². The maximum absolute atomic E-state index is 5.91. The van der Waals surface area contributed by atoms with Gasteiger partial charge in [0.15, 0.2) is 0 Å². The molecular weight excluding hydrogens is 288 g/mol. The average Bonchev–Trinajstić information content (AvgIpc) is 2.77. The third-order valence-corrected chi connectivity index (χ3v) is 3.63.